The van der Waals surface area contributed by atoms with E-state index in [4.69, 9.17) is 10.2 Å². The summed E-state index contributed by atoms with van der Waals surface area (Å²) in [6.45, 7) is 1.51. The third-order valence-corrected chi connectivity index (χ3v) is 4.85. The molecule has 1 aromatic rings. The molecule has 1 heterocycles. The van der Waals surface area contributed by atoms with Gasteiger partial charge in [-0.15, -0.1) is 0 Å². The van der Waals surface area contributed by atoms with Crippen LogP contribution in [0.15, 0.2) is 35.5 Å². The van der Waals surface area contributed by atoms with E-state index in [2.05, 4.69) is 5.16 Å². The van der Waals surface area contributed by atoms with Crippen LogP contribution in [0.3, 0.4) is 0 Å². The van der Waals surface area contributed by atoms with Gasteiger partial charge in [0, 0.05) is 5.92 Å². The van der Waals surface area contributed by atoms with Crippen LogP contribution < -0.4 is 0 Å². The summed E-state index contributed by atoms with van der Waals surface area (Å²) in [5.74, 6) is -3.22. The fraction of sp³-hybridized carbons (Fsp3) is 0.294. The second-order valence-electron chi connectivity index (χ2n) is 5.78. The number of rotatable bonds is 1. The third kappa shape index (κ3) is 1.50. The van der Waals surface area contributed by atoms with Crippen LogP contribution in [0.25, 0.3) is 0 Å². The van der Waals surface area contributed by atoms with E-state index in [1.54, 1.807) is 30.3 Å². The van der Waals surface area contributed by atoms with Gasteiger partial charge in [-0.2, -0.15) is 15.8 Å². The Morgan fingerprint density at radius 2 is 1.83 bits per heavy atom. The Balaban J connectivity index is 2.43. The van der Waals surface area contributed by atoms with Crippen molar-refractivity contribution in [2.75, 3.05) is 0 Å². The van der Waals surface area contributed by atoms with Crippen LogP contribution >= 0.6 is 0 Å². The van der Waals surface area contributed by atoms with Gasteiger partial charge in [-0.25, -0.2) is 4.79 Å². The van der Waals surface area contributed by atoms with E-state index in [0.717, 1.165) is 0 Å². The molecule has 1 spiro atoms. The fourth-order valence-electron chi connectivity index (χ4n) is 3.76. The molecule has 7 nitrogen and oxygen atoms in total. The minimum Gasteiger partial charge on any atom is -0.317 e. The van der Waals surface area contributed by atoms with Gasteiger partial charge in [0.2, 0.25) is 0 Å². The summed E-state index contributed by atoms with van der Waals surface area (Å²) in [5.41, 5.74) is -3.21. The quantitative estimate of drug-likeness (QED) is 0.789. The van der Waals surface area contributed by atoms with E-state index in [9.17, 15) is 20.6 Å². The van der Waals surface area contributed by atoms with E-state index < -0.39 is 28.6 Å². The number of benzene rings is 1. The SMILES string of the molecule is CC1=NOC(=O)[C@@]12C(=N)[C@@H](C#N)C(C#N)(C#N)[C@H]2c1ccccc1. The van der Waals surface area contributed by atoms with Gasteiger partial charge in [0.15, 0.2) is 10.8 Å². The Bertz CT molecular complexity index is 886. The molecule has 1 aliphatic carbocycles. The molecule has 0 aromatic heterocycles. The van der Waals surface area contributed by atoms with Gasteiger partial charge in [-0.1, -0.05) is 35.5 Å². The lowest BCUT2D eigenvalue weighted by Crippen LogP contribution is -2.44. The first-order chi connectivity index (χ1) is 11.5. The third-order valence-electron chi connectivity index (χ3n) is 4.85. The van der Waals surface area contributed by atoms with Gasteiger partial charge < -0.3 is 10.2 Å². The minimum atomic E-state index is -1.88. The number of nitrogens with one attached hydrogen (secondary N) is 1. The maximum absolute atomic E-state index is 12.6. The monoisotopic (exact) mass is 317 g/mol. The second kappa shape index (κ2) is 5.01. The number of hydrogen-bond donors (Lipinski definition) is 1. The maximum Gasteiger partial charge on any atom is 0.353 e. The first-order valence-corrected chi connectivity index (χ1v) is 7.13. The van der Waals surface area contributed by atoms with E-state index >= 15 is 0 Å². The van der Waals surface area contributed by atoms with Crippen molar-refractivity contribution in [1.29, 1.82) is 21.2 Å². The van der Waals surface area contributed by atoms with Crippen molar-refractivity contribution >= 4 is 17.4 Å². The molecule has 116 valence electrons. The van der Waals surface area contributed by atoms with E-state index in [1.165, 1.54) is 6.92 Å². The zero-order valence-corrected chi connectivity index (χ0v) is 12.6. The summed E-state index contributed by atoms with van der Waals surface area (Å²) >= 11 is 0. The molecule has 1 aromatic carbocycles. The van der Waals surface area contributed by atoms with Crippen LogP contribution in [0.1, 0.15) is 18.4 Å². The molecule has 0 bridgehead atoms. The molecule has 24 heavy (non-hydrogen) atoms. The molecule has 1 saturated carbocycles. The van der Waals surface area contributed by atoms with E-state index in [-0.39, 0.29) is 11.4 Å². The standard InChI is InChI=1S/C17H11N5O2/c1-10-17(15(23)24-22-10)13(11-5-3-2-4-6-11)16(8-19,9-20)12(7-18)14(17)21/h2-6,12-13,21H,1H3/t12-,13-,17+/m1/s1. The number of carbonyl (C=O) groups is 1. The summed E-state index contributed by atoms with van der Waals surface area (Å²) in [6.07, 6.45) is 0. The van der Waals surface area contributed by atoms with Gasteiger partial charge in [0.1, 0.15) is 5.92 Å². The maximum atomic E-state index is 12.6. The molecule has 3 atom stereocenters. The minimum absolute atomic E-state index is 0.180. The highest BCUT2D eigenvalue weighted by Crippen LogP contribution is 2.62. The van der Waals surface area contributed by atoms with E-state index in [0.29, 0.717) is 5.56 Å². The summed E-state index contributed by atoms with van der Waals surface area (Å²) in [7, 11) is 0. The van der Waals surface area contributed by atoms with Crippen molar-refractivity contribution in [1.82, 2.24) is 0 Å². The Hall–Kier alpha value is -3.50. The lowest BCUT2D eigenvalue weighted by Gasteiger charge is -2.31. The molecule has 0 unspecified atom stereocenters. The Morgan fingerprint density at radius 3 is 2.29 bits per heavy atom. The van der Waals surface area contributed by atoms with Gasteiger partial charge in [0.05, 0.1) is 29.6 Å². The number of oxime groups is 1. The summed E-state index contributed by atoms with van der Waals surface area (Å²) in [4.78, 5) is 17.4. The van der Waals surface area contributed by atoms with Gasteiger partial charge in [-0.3, -0.25) is 0 Å². The van der Waals surface area contributed by atoms with Gasteiger partial charge in [0.25, 0.3) is 0 Å². The predicted molar refractivity (Wildman–Crippen MR) is 81.3 cm³/mol. The van der Waals surface area contributed by atoms with Crippen LogP contribution in [0, 0.1) is 56.2 Å². The molecule has 0 saturated heterocycles. The molecule has 1 aliphatic heterocycles. The fourth-order valence-corrected chi connectivity index (χ4v) is 3.76. The molecule has 0 amide bonds. The van der Waals surface area contributed by atoms with E-state index in [1.807, 2.05) is 18.2 Å². The molecular weight excluding hydrogens is 306 g/mol. The average Bonchev–Trinajstić information content (AvgIpc) is 3.03. The van der Waals surface area contributed by atoms with Crippen molar-refractivity contribution in [3.05, 3.63) is 35.9 Å². The predicted octanol–water partition coefficient (Wildman–Crippen LogP) is 1.90. The lowest BCUT2D eigenvalue weighted by atomic mass is 9.64. The van der Waals surface area contributed by atoms with Crippen molar-refractivity contribution in [2.24, 2.45) is 21.9 Å². The van der Waals surface area contributed by atoms with Gasteiger partial charge >= 0.3 is 5.97 Å². The number of hydrogen-bond acceptors (Lipinski definition) is 7. The first kappa shape index (κ1) is 15.4. The first-order valence-electron chi connectivity index (χ1n) is 7.13. The van der Waals surface area contributed by atoms with Crippen LogP contribution in [0.4, 0.5) is 0 Å². The second-order valence-corrected chi connectivity index (χ2v) is 5.78. The number of carbonyl (C=O) groups excluding carboxylic acids is 1. The zero-order chi connectivity index (χ0) is 17.5. The lowest BCUT2D eigenvalue weighted by molar-refractivity contribution is -0.146. The van der Waals surface area contributed by atoms with Gasteiger partial charge in [-0.05, 0) is 12.5 Å². The van der Waals surface area contributed by atoms with Crippen LogP contribution in [0.2, 0.25) is 0 Å². The summed E-state index contributed by atoms with van der Waals surface area (Å²) in [5, 5.41) is 41.2. The molecular formula is C17H11N5O2. The molecule has 0 radical (unpaired) electrons. The molecule has 1 N–H and O–H groups in total. The highest BCUT2D eigenvalue weighted by Gasteiger charge is 2.74. The van der Waals surface area contributed by atoms with Crippen LogP contribution in [0.5, 0.6) is 0 Å². The highest BCUT2D eigenvalue weighted by atomic mass is 16.7. The Kier molecular flexibility index (Phi) is 3.21. The van der Waals surface area contributed by atoms with Crippen molar-refractivity contribution < 1.29 is 9.63 Å². The smallest absolute Gasteiger partial charge is 0.317 e. The molecule has 2 aliphatic rings. The largest absolute Gasteiger partial charge is 0.353 e. The summed E-state index contributed by atoms with van der Waals surface area (Å²) in [6, 6.07) is 14.2. The molecule has 3 rings (SSSR count). The molecule has 7 heteroatoms. The summed E-state index contributed by atoms with van der Waals surface area (Å²) < 4.78 is 0. The van der Waals surface area contributed by atoms with Crippen LogP contribution in [-0.4, -0.2) is 17.4 Å². The van der Waals surface area contributed by atoms with Crippen molar-refractivity contribution in [3.8, 4) is 18.2 Å². The zero-order valence-electron chi connectivity index (χ0n) is 12.6. The number of nitriles is 3. The van der Waals surface area contributed by atoms with Crippen molar-refractivity contribution in [2.45, 2.75) is 12.8 Å². The Morgan fingerprint density at radius 1 is 1.21 bits per heavy atom. The normalized spacial score (nSPS) is 30.2. The average molecular weight is 317 g/mol. The highest BCUT2D eigenvalue weighted by molar-refractivity contribution is 6.29. The van der Waals surface area contributed by atoms with Crippen molar-refractivity contribution in [3.63, 3.8) is 0 Å². The molecule has 1 fully saturated rings. The topological polar surface area (TPSA) is 134 Å². The van der Waals surface area contributed by atoms with Crippen LogP contribution in [-0.2, 0) is 9.63 Å². The number of nitrogens with zero attached hydrogens (tertiary/aromatic N) is 4. The Labute approximate surface area is 137 Å².